The Morgan fingerprint density at radius 3 is 0.867 bits per heavy atom. The van der Waals surface area contributed by atoms with Crippen LogP contribution in [0, 0.1) is 0 Å². The van der Waals surface area contributed by atoms with Crippen LogP contribution in [-0.4, -0.2) is 46.7 Å². The number of hydrogen-bond donors (Lipinski definition) is 0. The normalized spacial score (nSPS) is 18.8. The molecular formula is C26H20N4+4. The largest absolute Gasteiger partial charge is 0.328 e. The van der Waals surface area contributed by atoms with Crippen LogP contribution in [0.2, 0.25) is 0 Å². The number of rotatable bonds is 0. The fraction of sp³-hybridized carbons (Fsp3) is 0. The second kappa shape index (κ2) is 8.65. The molecule has 4 heteroatoms. The van der Waals surface area contributed by atoms with Gasteiger partial charge >= 0.3 is 40.0 Å². The molecule has 4 rings (SSSR count). The van der Waals surface area contributed by atoms with Crippen LogP contribution >= 0.6 is 0 Å². The van der Waals surface area contributed by atoms with Gasteiger partial charge in [0.1, 0.15) is 0 Å². The lowest BCUT2D eigenvalue weighted by Gasteiger charge is -1.91. The molecule has 0 amide bonds. The van der Waals surface area contributed by atoms with Crippen LogP contribution in [0.5, 0.6) is 0 Å². The minimum absolute atomic E-state index is 0.832. The molecule has 0 radical (unpaired) electrons. The summed E-state index contributed by atoms with van der Waals surface area (Å²) < 4.78 is 17.8. The molecule has 0 saturated carbocycles. The van der Waals surface area contributed by atoms with Gasteiger partial charge in [0.05, 0.1) is 0 Å². The van der Waals surface area contributed by atoms with E-state index in [1.54, 1.807) is 0 Å². The van der Waals surface area contributed by atoms with Crippen LogP contribution < -0.4 is 18.7 Å². The Labute approximate surface area is 175 Å². The Bertz CT molecular complexity index is 1260. The van der Waals surface area contributed by atoms with E-state index in [9.17, 15) is 0 Å². The third-order valence-corrected chi connectivity index (χ3v) is 4.44. The molecule has 0 saturated heterocycles. The Hall–Kier alpha value is -4.54. The molecule has 0 fully saturated rings. The summed E-state index contributed by atoms with van der Waals surface area (Å²) in [6.07, 6.45) is 31.1. The highest BCUT2D eigenvalue weighted by molar-refractivity contribution is 6.24. The van der Waals surface area contributed by atoms with Crippen LogP contribution in [-0.2, 0) is 0 Å². The second-order valence-electron chi connectivity index (χ2n) is 6.71. The van der Waals surface area contributed by atoms with E-state index >= 15 is 0 Å². The number of allylic oxidation sites excluding steroid dienone is 17. The summed E-state index contributed by atoms with van der Waals surface area (Å²) in [6.45, 7) is 7.40. The summed E-state index contributed by atoms with van der Waals surface area (Å²) >= 11 is 0. The molecule has 4 aliphatic rings. The van der Waals surface area contributed by atoms with E-state index in [1.807, 2.05) is 97.2 Å². The first-order valence-electron chi connectivity index (χ1n) is 9.52. The highest BCUT2D eigenvalue weighted by Crippen LogP contribution is 2.02. The molecule has 4 aliphatic carbocycles. The minimum atomic E-state index is 0.832. The lowest BCUT2D eigenvalue weighted by Crippen LogP contribution is -2.12. The molecule has 0 aromatic rings. The zero-order valence-corrected chi connectivity index (χ0v) is 16.4. The summed E-state index contributed by atoms with van der Waals surface area (Å²) in [5, 5.41) is 0. The Kier molecular flexibility index (Phi) is 5.42. The topological polar surface area (TPSA) is 56.4 Å². The van der Waals surface area contributed by atoms with Crippen LogP contribution in [0.1, 0.15) is 0 Å². The van der Waals surface area contributed by atoms with E-state index in [2.05, 4.69) is 32.0 Å². The van der Waals surface area contributed by atoms with Gasteiger partial charge in [-0.15, -0.1) is 4.67 Å². The molecule has 0 bridgehead atoms. The van der Waals surface area contributed by atoms with E-state index in [0.717, 1.165) is 45.6 Å². The molecule has 0 heterocycles. The van der Waals surface area contributed by atoms with Crippen molar-refractivity contribution < 1.29 is 0 Å². The minimum Gasteiger partial charge on any atom is -0.101 e. The zero-order chi connectivity index (χ0) is 20.8. The molecule has 0 spiro atoms. The number of hydrogen-bond acceptors (Lipinski definition) is 0. The van der Waals surface area contributed by atoms with Crippen molar-refractivity contribution in [3.63, 3.8) is 0 Å². The summed E-state index contributed by atoms with van der Waals surface area (Å²) in [7, 11) is 0. The smallest absolute Gasteiger partial charge is 0.101 e. The van der Waals surface area contributed by atoms with E-state index in [4.69, 9.17) is 0 Å². The van der Waals surface area contributed by atoms with Crippen molar-refractivity contribution in [1.29, 1.82) is 0 Å². The standard InChI is InChI=1S/C26H20N4/c1-19-3-5-21(6-4-19)28-23-11-13-25(14-12-23)30-26-17-15-24(16-18-26)29-22-9-7-20(27-2)8-10-22/h3-18H,1-2H2/q+4. The maximum Gasteiger partial charge on any atom is 0.328 e. The van der Waals surface area contributed by atoms with Crippen molar-refractivity contribution in [2.24, 2.45) is 0 Å². The van der Waals surface area contributed by atoms with Crippen molar-refractivity contribution in [1.82, 2.24) is 18.7 Å². The first kappa shape index (κ1) is 18.8. The Balaban J connectivity index is 1.53. The van der Waals surface area contributed by atoms with Crippen LogP contribution in [0.3, 0.4) is 0 Å². The molecule has 0 N–H and O–H groups in total. The lowest BCUT2D eigenvalue weighted by atomic mass is 10.1. The van der Waals surface area contributed by atoms with Crippen LogP contribution in [0.25, 0.3) is 0 Å². The van der Waals surface area contributed by atoms with Gasteiger partial charge in [-0.1, -0.05) is 20.6 Å². The van der Waals surface area contributed by atoms with Crippen LogP contribution in [0.15, 0.2) is 109 Å². The Morgan fingerprint density at radius 1 is 0.367 bits per heavy atom. The van der Waals surface area contributed by atoms with E-state index in [1.165, 1.54) is 0 Å². The predicted octanol–water partition coefficient (Wildman–Crippen LogP) is 1.10. The fourth-order valence-corrected chi connectivity index (χ4v) is 2.85. The highest BCUT2D eigenvalue weighted by Gasteiger charge is 2.18. The molecule has 0 aliphatic heterocycles. The van der Waals surface area contributed by atoms with Gasteiger partial charge in [-0.3, -0.25) is 0 Å². The van der Waals surface area contributed by atoms with Crippen LogP contribution in [0.4, 0.5) is 0 Å². The summed E-state index contributed by atoms with van der Waals surface area (Å²) in [5.74, 6) is 0. The fourth-order valence-electron chi connectivity index (χ4n) is 2.85. The van der Waals surface area contributed by atoms with Gasteiger partial charge in [-0.2, -0.15) is 0 Å². The predicted molar refractivity (Wildman–Crippen MR) is 133 cm³/mol. The molecule has 0 aromatic carbocycles. The van der Waals surface area contributed by atoms with Gasteiger partial charge < -0.3 is 0 Å². The SMILES string of the molecule is C=[N+]=C1C=CC(=[N+]=C2C=CC(=[N+]=C3C=CC(=[N+]=C4C=CC(=C)C=C4)C=C3)C=C2)C=C1. The van der Waals surface area contributed by atoms with Crippen molar-refractivity contribution in [2.45, 2.75) is 0 Å². The second-order valence-corrected chi connectivity index (χ2v) is 6.71. The van der Waals surface area contributed by atoms with Gasteiger partial charge in [-0.25, -0.2) is 0 Å². The van der Waals surface area contributed by atoms with Gasteiger partial charge in [0.25, 0.3) is 6.72 Å². The maximum absolute atomic E-state index is 4.66. The molecule has 30 heavy (non-hydrogen) atoms. The lowest BCUT2D eigenvalue weighted by molar-refractivity contribution is 1.58. The molecule has 4 nitrogen and oxygen atoms in total. The third-order valence-electron chi connectivity index (χ3n) is 4.44. The first-order chi connectivity index (χ1) is 14.7. The van der Waals surface area contributed by atoms with E-state index in [-0.39, 0.29) is 0 Å². The third kappa shape index (κ3) is 4.84. The average molecular weight is 388 g/mol. The summed E-state index contributed by atoms with van der Waals surface area (Å²) in [4.78, 5) is 0. The van der Waals surface area contributed by atoms with Crippen molar-refractivity contribution in [3.8, 4) is 0 Å². The molecule has 0 atom stereocenters. The number of nitrogens with zero attached hydrogens (tertiary/aromatic N) is 4. The van der Waals surface area contributed by atoms with E-state index < -0.39 is 0 Å². The highest BCUT2D eigenvalue weighted by atomic mass is 14.6. The molecule has 0 unspecified atom stereocenters. The van der Waals surface area contributed by atoms with Crippen molar-refractivity contribution in [3.05, 3.63) is 109 Å². The first-order valence-corrected chi connectivity index (χ1v) is 9.52. The molecule has 0 aromatic heterocycles. The maximum atomic E-state index is 4.66. The van der Waals surface area contributed by atoms with Gasteiger partial charge in [0.15, 0.2) is 0 Å². The van der Waals surface area contributed by atoms with Crippen molar-refractivity contribution in [2.75, 3.05) is 0 Å². The van der Waals surface area contributed by atoms with Gasteiger partial charge in [0, 0.05) is 85.1 Å². The van der Waals surface area contributed by atoms with Crippen molar-refractivity contribution >= 4 is 46.7 Å². The summed E-state index contributed by atoms with van der Waals surface area (Å²) in [6, 6.07) is 0. The van der Waals surface area contributed by atoms with Gasteiger partial charge in [0.2, 0.25) is 0 Å². The molecule has 140 valence electrons. The summed E-state index contributed by atoms with van der Waals surface area (Å²) in [5.41, 5.74) is 7.09. The van der Waals surface area contributed by atoms with Gasteiger partial charge in [-0.05, 0) is 17.7 Å². The molecular weight excluding hydrogens is 368 g/mol. The average Bonchev–Trinajstić information content (AvgIpc) is 2.78. The zero-order valence-electron chi connectivity index (χ0n) is 16.4. The monoisotopic (exact) mass is 388 g/mol. The Morgan fingerprint density at radius 2 is 0.600 bits per heavy atom. The van der Waals surface area contributed by atoms with E-state index in [0.29, 0.717) is 0 Å². The quantitative estimate of drug-likeness (QED) is 0.339.